The van der Waals surface area contributed by atoms with Crippen LogP contribution in [0.4, 0.5) is 10.9 Å². The van der Waals surface area contributed by atoms with Crippen LogP contribution in [-0.4, -0.2) is 58.8 Å². The summed E-state index contributed by atoms with van der Waals surface area (Å²) in [5, 5.41) is 3.40. The lowest BCUT2D eigenvalue weighted by Crippen LogP contribution is -2.37. The number of thiazole rings is 1. The minimum atomic E-state index is -0.359. The summed E-state index contributed by atoms with van der Waals surface area (Å²) in [6, 6.07) is 13.6. The van der Waals surface area contributed by atoms with Crippen LogP contribution >= 0.6 is 11.3 Å². The molecule has 1 saturated heterocycles. The Balaban J connectivity index is 1.36. The van der Waals surface area contributed by atoms with Gasteiger partial charge in [0.05, 0.1) is 30.0 Å². The van der Waals surface area contributed by atoms with E-state index in [0.717, 1.165) is 21.5 Å². The van der Waals surface area contributed by atoms with Crippen LogP contribution in [0.2, 0.25) is 0 Å². The number of carbonyl (C=O) groups is 1. The van der Waals surface area contributed by atoms with E-state index in [2.05, 4.69) is 36.2 Å². The van der Waals surface area contributed by atoms with Gasteiger partial charge < -0.3 is 14.4 Å². The SMILES string of the molecule is Cc1ccc2nc(NC(=O)c3cc(N4CCOCC4)nc(OCCc4ccccn4)n3)sc2c1. The summed E-state index contributed by atoms with van der Waals surface area (Å²) in [5.74, 6) is 0.276. The lowest BCUT2D eigenvalue weighted by atomic mass is 10.2. The van der Waals surface area contributed by atoms with Crippen molar-refractivity contribution in [3.8, 4) is 6.01 Å². The van der Waals surface area contributed by atoms with Crippen molar-refractivity contribution in [1.29, 1.82) is 0 Å². The molecule has 1 aliphatic heterocycles. The fourth-order valence-electron chi connectivity index (χ4n) is 3.59. The van der Waals surface area contributed by atoms with Crippen LogP contribution in [-0.2, 0) is 11.2 Å². The Kier molecular flexibility index (Phi) is 6.59. The molecule has 0 saturated carbocycles. The van der Waals surface area contributed by atoms with Crippen LogP contribution in [0, 0.1) is 6.92 Å². The van der Waals surface area contributed by atoms with Gasteiger partial charge in [-0.25, -0.2) is 4.98 Å². The van der Waals surface area contributed by atoms with E-state index in [-0.39, 0.29) is 17.6 Å². The van der Waals surface area contributed by atoms with E-state index in [9.17, 15) is 4.79 Å². The number of anilines is 2. The molecule has 5 rings (SSSR count). The molecule has 9 nitrogen and oxygen atoms in total. The van der Waals surface area contributed by atoms with Gasteiger partial charge in [0.2, 0.25) is 0 Å². The van der Waals surface area contributed by atoms with Gasteiger partial charge >= 0.3 is 6.01 Å². The molecule has 0 spiro atoms. The standard InChI is InChI=1S/C24H24N6O3S/c1-16-5-6-18-20(14-16)34-24(27-18)29-22(31)19-15-21(30-9-12-32-13-10-30)28-23(26-19)33-11-7-17-4-2-3-8-25-17/h2-6,8,14-15H,7,9-13H2,1H3,(H,27,29,31). The monoisotopic (exact) mass is 476 g/mol. The van der Waals surface area contributed by atoms with E-state index in [1.54, 1.807) is 12.3 Å². The maximum atomic E-state index is 13.1. The third-order valence-corrected chi connectivity index (χ3v) is 6.27. The number of rotatable bonds is 7. The number of morpholine rings is 1. The molecule has 1 aromatic carbocycles. The van der Waals surface area contributed by atoms with Crippen LogP contribution < -0.4 is 15.0 Å². The van der Waals surface area contributed by atoms with Crippen molar-refractivity contribution in [3.05, 3.63) is 65.6 Å². The lowest BCUT2D eigenvalue weighted by molar-refractivity contribution is 0.102. The van der Waals surface area contributed by atoms with Gasteiger partial charge in [-0.1, -0.05) is 23.5 Å². The van der Waals surface area contributed by atoms with E-state index in [0.29, 0.717) is 50.3 Å². The van der Waals surface area contributed by atoms with E-state index in [1.165, 1.54) is 11.3 Å². The molecule has 0 aliphatic carbocycles. The average molecular weight is 477 g/mol. The summed E-state index contributed by atoms with van der Waals surface area (Å²) >= 11 is 1.43. The number of hydrogen-bond acceptors (Lipinski definition) is 9. The number of fused-ring (bicyclic) bond motifs is 1. The number of benzene rings is 1. The first-order valence-corrected chi connectivity index (χ1v) is 11.9. The average Bonchev–Trinajstić information content (AvgIpc) is 3.26. The molecule has 0 radical (unpaired) electrons. The maximum absolute atomic E-state index is 13.1. The normalized spacial score (nSPS) is 13.7. The van der Waals surface area contributed by atoms with Gasteiger partial charge in [0.15, 0.2) is 5.13 Å². The summed E-state index contributed by atoms with van der Waals surface area (Å²) in [6.07, 6.45) is 2.36. The quantitative estimate of drug-likeness (QED) is 0.432. The van der Waals surface area contributed by atoms with Gasteiger partial charge in [-0.15, -0.1) is 0 Å². The predicted octanol–water partition coefficient (Wildman–Crippen LogP) is 3.50. The molecule has 1 amide bonds. The Morgan fingerprint density at radius 2 is 2.03 bits per heavy atom. The second-order valence-corrected chi connectivity index (χ2v) is 8.89. The van der Waals surface area contributed by atoms with Crippen LogP contribution in [0.25, 0.3) is 10.2 Å². The third-order valence-electron chi connectivity index (χ3n) is 5.34. The first-order valence-electron chi connectivity index (χ1n) is 11.1. The maximum Gasteiger partial charge on any atom is 0.319 e. The fourth-order valence-corrected chi connectivity index (χ4v) is 4.55. The second kappa shape index (κ2) is 10.1. The summed E-state index contributed by atoms with van der Waals surface area (Å²) in [4.78, 5) is 32.9. The number of amides is 1. The summed E-state index contributed by atoms with van der Waals surface area (Å²) in [5.41, 5.74) is 3.13. The fraction of sp³-hybridized carbons (Fsp3) is 0.292. The van der Waals surface area contributed by atoms with Crippen LogP contribution in [0.3, 0.4) is 0 Å². The molecule has 1 fully saturated rings. The van der Waals surface area contributed by atoms with Crippen molar-refractivity contribution in [2.75, 3.05) is 43.1 Å². The topological polar surface area (TPSA) is 102 Å². The number of hydrogen-bond donors (Lipinski definition) is 1. The molecule has 4 aromatic rings. The van der Waals surface area contributed by atoms with Crippen molar-refractivity contribution in [2.24, 2.45) is 0 Å². The van der Waals surface area contributed by atoms with Crippen LogP contribution in [0.15, 0.2) is 48.7 Å². The number of carbonyl (C=O) groups excluding carboxylic acids is 1. The largest absolute Gasteiger partial charge is 0.463 e. The van der Waals surface area contributed by atoms with Gasteiger partial charge in [-0.05, 0) is 36.8 Å². The Hall–Kier alpha value is -3.63. The summed E-state index contributed by atoms with van der Waals surface area (Å²) < 4.78 is 12.3. The Morgan fingerprint density at radius 1 is 1.15 bits per heavy atom. The third kappa shape index (κ3) is 5.29. The highest BCUT2D eigenvalue weighted by Gasteiger charge is 2.19. The summed E-state index contributed by atoms with van der Waals surface area (Å²) in [7, 11) is 0. The van der Waals surface area contributed by atoms with Gasteiger partial charge in [0.25, 0.3) is 5.91 Å². The molecule has 0 unspecified atom stereocenters. The molecule has 10 heteroatoms. The molecule has 0 atom stereocenters. The number of ether oxygens (including phenoxy) is 2. The van der Waals surface area contributed by atoms with Crippen LogP contribution in [0.5, 0.6) is 6.01 Å². The molecule has 4 heterocycles. The highest BCUT2D eigenvalue weighted by molar-refractivity contribution is 7.22. The van der Waals surface area contributed by atoms with E-state index in [4.69, 9.17) is 9.47 Å². The molecule has 1 aliphatic rings. The first-order chi connectivity index (χ1) is 16.6. The van der Waals surface area contributed by atoms with Gasteiger partial charge in [-0.3, -0.25) is 15.1 Å². The second-order valence-electron chi connectivity index (χ2n) is 7.86. The van der Waals surface area contributed by atoms with Crippen molar-refractivity contribution in [2.45, 2.75) is 13.3 Å². The number of pyridine rings is 1. The minimum absolute atomic E-state index is 0.157. The van der Waals surface area contributed by atoms with Gasteiger partial charge in [0.1, 0.15) is 11.5 Å². The Bertz CT molecular complexity index is 1290. The van der Waals surface area contributed by atoms with E-state index >= 15 is 0 Å². The smallest absolute Gasteiger partial charge is 0.319 e. The number of nitrogens with zero attached hydrogens (tertiary/aromatic N) is 5. The first kappa shape index (κ1) is 22.2. The highest BCUT2D eigenvalue weighted by Crippen LogP contribution is 2.27. The lowest BCUT2D eigenvalue weighted by Gasteiger charge is -2.28. The summed E-state index contributed by atoms with van der Waals surface area (Å²) in [6.45, 7) is 4.95. The van der Waals surface area contributed by atoms with Crippen molar-refractivity contribution in [1.82, 2.24) is 19.9 Å². The Morgan fingerprint density at radius 3 is 2.85 bits per heavy atom. The Labute approximate surface area is 200 Å². The van der Waals surface area contributed by atoms with Crippen molar-refractivity contribution < 1.29 is 14.3 Å². The van der Waals surface area contributed by atoms with Gasteiger partial charge in [-0.2, -0.15) is 9.97 Å². The van der Waals surface area contributed by atoms with Crippen LogP contribution in [0.1, 0.15) is 21.7 Å². The molecule has 174 valence electrons. The van der Waals surface area contributed by atoms with E-state index in [1.807, 2.05) is 37.3 Å². The molecule has 1 N–H and O–H groups in total. The molecule has 0 bridgehead atoms. The molecule has 3 aromatic heterocycles. The molecular weight excluding hydrogens is 452 g/mol. The zero-order valence-electron chi connectivity index (χ0n) is 18.7. The highest BCUT2D eigenvalue weighted by atomic mass is 32.1. The molecule has 34 heavy (non-hydrogen) atoms. The molecular formula is C24H24N6O3S. The zero-order valence-corrected chi connectivity index (χ0v) is 19.5. The van der Waals surface area contributed by atoms with Crippen molar-refractivity contribution in [3.63, 3.8) is 0 Å². The number of aryl methyl sites for hydroxylation is 1. The predicted molar refractivity (Wildman–Crippen MR) is 131 cm³/mol. The van der Waals surface area contributed by atoms with Crippen molar-refractivity contribution >= 4 is 38.4 Å². The zero-order chi connectivity index (χ0) is 23.3. The van der Waals surface area contributed by atoms with Gasteiger partial charge in [0, 0.05) is 37.5 Å². The van der Waals surface area contributed by atoms with E-state index < -0.39 is 0 Å². The number of aromatic nitrogens is 4. The number of nitrogens with one attached hydrogen (secondary N) is 1. The minimum Gasteiger partial charge on any atom is -0.463 e.